The van der Waals surface area contributed by atoms with Gasteiger partial charge in [-0.05, 0) is 55.6 Å². The lowest BCUT2D eigenvalue weighted by Crippen LogP contribution is -2.38. The first kappa shape index (κ1) is 29.2. The van der Waals surface area contributed by atoms with Gasteiger partial charge in [-0.3, -0.25) is 9.59 Å². The third-order valence-electron chi connectivity index (χ3n) is 7.00. The predicted molar refractivity (Wildman–Crippen MR) is 151 cm³/mol. The second-order valence-corrected chi connectivity index (χ2v) is 10.4. The number of carbonyl (C=O) groups excluding carboxylic acids is 2. The van der Waals surface area contributed by atoms with E-state index in [4.69, 9.17) is 9.47 Å². The monoisotopic (exact) mass is 522 g/mol. The van der Waals surface area contributed by atoms with Crippen LogP contribution in [0.5, 0.6) is 11.5 Å². The fraction of sp³-hybridized carbons (Fsp3) is 0.484. The van der Waals surface area contributed by atoms with Gasteiger partial charge in [0.15, 0.2) is 0 Å². The van der Waals surface area contributed by atoms with Crippen LogP contribution in [0.25, 0.3) is 5.76 Å². The number of Topliss-reactive ketones (excluding diaryl/α,β-unsaturated/α-hetero) is 1. The molecule has 1 unspecified atom stereocenters. The molecule has 0 aliphatic carbocycles. The number of carbonyl (C=O) groups is 2. The van der Waals surface area contributed by atoms with Crippen LogP contribution in [0.1, 0.15) is 71.2 Å². The van der Waals surface area contributed by atoms with E-state index in [0.29, 0.717) is 43.4 Å². The van der Waals surface area contributed by atoms with Gasteiger partial charge < -0.3 is 24.4 Å². The third kappa shape index (κ3) is 6.21. The highest BCUT2D eigenvalue weighted by atomic mass is 16.5. The summed E-state index contributed by atoms with van der Waals surface area (Å²) in [7, 11) is 0. The molecule has 0 spiro atoms. The van der Waals surface area contributed by atoms with Crippen LogP contribution in [0.2, 0.25) is 0 Å². The maximum absolute atomic E-state index is 13.5. The molecule has 1 aliphatic heterocycles. The molecule has 7 heteroatoms. The summed E-state index contributed by atoms with van der Waals surface area (Å²) in [6, 6.07) is 12.4. The molecular formula is C31H42N2O5. The van der Waals surface area contributed by atoms with Crippen LogP contribution < -0.4 is 9.47 Å². The zero-order valence-electron chi connectivity index (χ0n) is 23.8. The van der Waals surface area contributed by atoms with Crippen molar-refractivity contribution in [3.8, 4) is 11.5 Å². The molecule has 2 aromatic rings. The molecule has 1 aliphatic rings. The van der Waals surface area contributed by atoms with Gasteiger partial charge in [0.2, 0.25) is 0 Å². The molecule has 0 radical (unpaired) electrons. The fourth-order valence-corrected chi connectivity index (χ4v) is 4.79. The van der Waals surface area contributed by atoms with Crippen LogP contribution in [0, 0.1) is 0 Å². The maximum atomic E-state index is 13.5. The minimum Gasteiger partial charge on any atom is -0.507 e. The van der Waals surface area contributed by atoms with Crippen LogP contribution in [0.15, 0.2) is 48.0 Å². The number of ether oxygens (including phenoxy) is 2. The van der Waals surface area contributed by atoms with Crippen molar-refractivity contribution >= 4 is 17.4 Å². The van der Waals surface area contributed by atoms with Gasteiger partial charge in [0.25, 0.3) is 11.7 Å². The number of amides is 1. The number of hydrogen-bond acceptors (Lipinski definition) is 6. The molecule has 1 fully saturated rings. The van der Waals surface area contributed by atoms with Crippen LogP contribution in [0.4, 0.5) is 0 Å². The number of nitrogens with zero attached hydrogens (tertiary/aromatic N) is 2. The van der Waals surface area contributed by atoms with Crippen molar-refractivity contribution in [3.05, 3.63) is 64.7 Å². The highest BCUT2D eigenvalue weighted by Gasteiger charge is 2.46. The van der Waals surface area contributed by atoms with Gasteiger partial charge in [-0.2, -0.15) is 0 Å². The minimum atomic E-state index is -0.708. The Bertz CT molecular complexity index is 1160. The number of benzene rings is 2. The molecule has 1 atom stereocenters. The Kier molecular flexibility index (Phi) is 9.60. The Morgan fingerprint density at radius 3 is 2.13 bits per heavy atom. The van der Waals surface area contributed by atoms with Gasteiger partial charge in [-0.15, -0.1) is 0 Å². The van der Waals surface area contributed by atoms with Crippen LogP contribution in [0.3, 0.4) is 0 Å². The molecule has 206 valence electrons. The molecule has 2 aromatic carbocycles. The van der Waals surface area contributed by atoms with E-state index >= 15 is 0 Å². The number of hydrogen-bond donors (Lipinski definition) is 1. The highest BCUT2D eigenvalue weighted by Crippen LogP contribution is 2.42. The number of ketones is 1. The standard InChI is InChI=1S/C31H42N2O5/c1-8-32(9-2)18-19-33-27(21-12-14-22(15-13-21)31(5,6)7)26(29(35)30(33)36)28(34)24-17-16-23(37-10-3)20-25(24)38-11-4/h12-17,20,27,34H,8-11,18-19H2,1-7H3/b28-26-. The van der Waals surface area contributed by atoms with Crippen molar-refractivity contribution < 1.29 is 24.2 Å². The molecule has 1 heterocycles. The minimum absolute atomic E-state index is 0.0439. The molecule has 3 rings (SSSR count). The fourth-order valence-electron chi connectivity index (χ4n) is 4.79. The SMILES string of the molecule is CCOc1ccc(/C(O)=C2/C(=O)C(=O)N(CCN(CC)CC)C2c2ccc(C(C)(C)C)cc2)c(OCC)c1. The predicted octanol–water partition coefficient (Wildman–Crippen LogP) is 5.55. The van der Waals surface area contributed by atoms with E-state index in [1.165, 1.54) is 0 Å². The van der Waals surface area contributed by atoms with E-state index in [9.17, 15) is 14.7 Å². The summed E-state index contributed by atoms with van der Waals surface area (Å²) >= 11 is 0. The molecule has 0 saturated carbocycles. The summed E-state index contributed by atoms with van der Waals surface area (Å²) in [6.45, 7) is 17.8. The number of aliphatic hydroxyl groups excluding tert-OH is 1. The summed E-state index contributed by atoms with van der Waals surface area (Å²) in [5.41, 5.74) is 2.31. The van der Waals surface area contributed by atoms with Crippen molar-refractivity contribution in [1.29, 1.82) is 0 Å². The van der Waals surface area contributed by atoms with Gasteiger partial charge in [-0.25, -0.2) is 0 Å². The number of likely N-dealkylation sites (tertiary alicyclic amines) is 1. The van der Waals surface area contributed by atoms with Crippen molar-refractivity contribution in [2.24, 2.45) is 0 Å². The Hall–Kier alpha value is -3.32. The lowest BCUT2D eigenvalue weighted by atomic mass is 9.85. The molecule has 1 N–H and O–H groups in total. The van der Waals surface area contributed by atoms with Gasteiger partial charge in [0, 0.05) is 19.2 Å². The summed E-state index contributed by atoms with van der Waals surface area (Å²) < 4.78 is 11.4. The van der Waals surface area contributed by atoms with Crippen molar-refractivity contribution in [1.82, 2.24) is 9.80 Å². The zero-order valence-corrected chi connectivity index (χ0v) is 23.8. The van der Waals surface area contributed by atoms with Crippen molar-refractivity contribution in [2.75, 3.05) is 39.4 Å². The van der Waals surface area contributed by atoms with Gasteiger partial charge in [0.1, 0.15) is 17.3 Å². The number of likely N-dealkylation sites (N-methyl/N-ethyl adjacent to an activating group) is 1. The number of aliphatic hydroxyl groups is 1. The molecule has 7 nitrogen and oxygen atoms in total. The number of rotatable bonds is 11. The lowest BCUT2D eigenvalue weighted by Gasteiger charge is -2.29. The van der Waals surface area contributed by atoms with E-state index in [1.807, 2.05) is 38.1 Å². The smallest absolute Gasteiger partial charge is 0.295 e. The third-order valence-corrected chi connectivity index (χ3v) is 7.00. The van der Waals surface area contributed by atoms with Gasteiger partial charge in [0.05, 0.1) is 30.4 Å². The van der Waals surface area contributed by atoms with E-state index < -0.39 is 17.7 Å². The molecule has 38 heavy (non-hydrogen) atoms. The average molecular weight is 523 g/mol. The Morgan fingerprint density at radius 1 is 0.947 bits per heavy atom. The molecule has 1 saturated heterocycles. The summed E-state index contributed by atoms with van der Waals surface area (Å²) in [5, 5.41) is 11.6. The normalized spacial score (nSPS) is 17.4. The van der Waals surface area contributed by atoms with Crippen LogP contribution in [-0.4, -0.2) is 66.0 Å². The topological polar surface area (TPSA) is 79.3 Å². The summed E-state index contributed by atoms with van der Waals surface area (Å²) in [5.74, 6) is -0.547. The molecule has 1 amide bonds. The van der Waals surface area contributed by atoms with Crippen LogP contribution >= 0.6 is 0 Å². The van der Waals surface area contributed by atoms with E-state index in [1.54, 1.807) is 23.1 Å². The van der Waals surface area contributed by atoms with E-state index in [-0.39, 0.29) is 16.7 Å². The van der Waals surface area contributed by atoms with E-state index in [0.717, 1.165) is 24.2 Å². The second kappa shape index (κ2) is 12.5. The molecule has 0 aromatic heterocycles. The summed E-state index contributed by atoms with van der Waals surface area (Å²) in [4.78, 5) is 30.6. The van der Waals surface area contributed by atoms with Crippen LogP contribution in [-0.2, 0) is 15.0 Å². The van der Waals surface area contributed by atoms with Gasteiger partial charge in [-0.1, -0.05) is 58.9 Å². The maximum Gasteiger partial charge on any atom is 0.295 e. The molecule has 0 bridgehead atoms. The first-order valence-corrected chi connectivity index (χ1v) is 13.6. The summed E-state index contributed by atoms with van der Waals surface area (Å²) in [6.07, 6.45) is 0. The quantitative estimate of drug-likeness (QED) is 0.237. The Morgan fingerprint density at radius 2 is 1.58 bits per heavy atom. The van der Waals surface area contributed by atoms with Crippen molar-refractivity contribution in [2.45, 2.75) is 59.9 Å². The zero-order chi connectivity index (χ0) is 28.0. The first-order chi connectivity index (χ1) is 18.1. The molecular weight excluding hydrogens is 480 g/mol. The largest absolute Gasteiger partial charge is 0.507 e. The second-order valence-electron chi connectivity index (χ2n) is 10.4. The average Bonchev–Trinajstić information content (AvgIpc) is 3.14. The Labute approximate surface area is 227 Å². The highest BCUT2D eigenvalue weighted by molar-refractivity contribution is 6.46. The van der Waals surface area contributed by atoms with Gasteiger partial charge >= 0.3 is 0 Å². The lowest BCUT2D eigenvalue weighted by molar-refractivity contribution is -0.140. The first-order valence-electron chi connectivity index (χ1n) is 13.6. The Balaban J connectivity index is 2.17. The van der Waals surface area contributed by atoms with E-state index in [2.05, 4.69) is 39.5 Å². The van der Waals surface area contributed by atoms with Crippen molar-refractivity contribution in [3.63, 3.8) is 0 Å².